The van der Waals surface area contributed by atoms with Crippen LogP contribution in [0.2, 0.25) is 0 Å². The van der Waals surface area contributed by atoms with Gasteiger partial charge in [-0.05, 0) is 30.2 Å². The zero-order chi connectivity index (χ0) is 14.5. The molecule has 2 aromatic carbocycles. The number of ether oxygens (including phenoxy) is 2. The molecule has 0 N–H and O–H groups in total. The number of methoxy groups -OCH3 is 1. The van der Waals surface area contributed by atoms with E-state index in [2.05, 4.69) is 0 Å². The lowest BCUT2D eigenvalue weighted by molar-refractivity contribution is -0.384. The summed E-state index contributed by atoms with van der Waals surface area (Å²) in [5.74, 6) is 1.26. The molecule has 0 aromatic heterocycles. The Morgan fingerprint density at radius 2 is 1.95 bits per heavy atom. The molecule has 0 aliphatic heterocycles. The molecule has 20 heavy (non-hydrogen) atoms. The van der Waals surface area contributed by atoms with Crippen molar-refractivity contribution >= 4 is 5.69 Å². The molecule has 0 spiro atoms. The molecule has 0 bridgehead atoms. The van der Waals surface area contributed by atoms with Crippen molar-refractivity contribution in [2.75, 3.05) is 7.11 Å². The first-order chi connectivity index (χ1) is 9.60. The van der Waals surface area contributed by atoms with Gasteiger partial charge in [0.2, 0.25) is 0 Å². The monoisotopic (exact) mass is 273 g/mol. The van der Waals surface area contributed by atoms with Crippen LogP contribution in [0.15, 0.2) is 42.5 Å². The molecule has 2 rings (SSSR count). The van der Waals surface area contributed by atoms with Crippen LogP contribution in [-0.4, -0.2) is 12.0 Å². The second-order valence-corrected chi connectivity index (χ2v) is 4.37. The SMILES string of the molecule is COc1cc(C)ccc1OCc1cccc([N+](=O)[O-])c1. The van der Waals surface area contributed by atoms with Crippen molar-refractivity contribution in [2.24, 2.45) is 0 Å². The summed E-state index contributed by atoms with van der Waals surface area (Å²) >= 11 is 0. The van der Waals surface area contributed by atoms with E-state index in [0.717, 1.165) is 11.1 Å². The van der Waals surface area contributed by atoms with Gasteiger partial charge >= 0.3 is 0 Å². The predicted molar refractivity (Wildman–Crippen MR) is 75.2 cm³/mol. The summed E-state index contributed by atoms with van der Waals surface area (Å²) in [6.45, 7) is 2.22. The number of rotatable bonds is 5. The van der Waals surface area contributed by atoms with Crippen LogP contribution in [-0.2, 0) is 6.61 Å². The molecule has 0 fully saturated rings. The Labute approximate surface area is 116 Å². The Morgan fingerprint density at radius 3 is 2.65 bits per heavy atom. The minimum Gasteiger partial charge on any atom is -0.493 e. The number of hydrogen-bond acceptors (Lipinski definition) is 4. The maximum atomic E-state index is 10.7. The summed E-state index contributed by atoms with van der Waals surface area (Å²) in [5, 5.41) is 10.7. The third kappa shape index (κ3) is 3.26. The Bertz CT molecular complexity index is 625. The van der Waals surface area contributed by atoms with Gasteiger partial charge in [-0.3, -0.25) is 10.1 Å². The fraction of sp³-hybridized carbons (Fsp3) is 0.200. The summed E-state index contributed by atoms with van der Waals surface area (Å²) in [5.41, 5.74) is 1.87. The van der Waals surface area contributed by atoms with Crippen molar-refractivity contribution in [2.45, 2.75) is 13.5 Å². The Balaban J connectivity index is 2.12. The Morgan fingerprint density at radius 1 is 1.15 bits per heavy atom. The van der Waals surface area contributed by atoms with Gasteiger partial charge in [0.05, 0.1) is 12.0 Å². The Kier molecular flexibility index (Phi) is 4.20. The van der Waals surface area contributed by atoms with Gasteiger partial charge < -0.3 is 9.47 Å². The number of non-ortho nitro benzene ring substituents is 1. The number of benzene rings is 2. The van der Waals surface area contributed by atoms with Crippen molar-refractivity contribution in [3.8, 4) is 11.5 Å². The van der Waals surface area contributed by atoms with E-state index in [1.807, 2.05) is 25.1 Å². The lowest BCUT2D eigenvalue weighted by Crippen LogP contribution is -1.99. The maximum Gasteiger partial charge on any atom is 0.269 e. The zero-order valence-corrected chi connectivity index (χ0v) is 11.3. The molecule has 0 heterocycles. The van der Waals surface area contributed by atoms with E-state index >= 15 is 0 Å². The molecule has 104 valence electrons. The number of aryl methyl sites for hydroxylation is 1. The van der Waals surface area contributed by atoms with Crippen LogP contribution in [0.25, 0.3) is 0 Å². The molecule has 0 radical (unpaired) electrons. The van der Waals surface area contributed by atoms with Gasteiger partial charge in [0, 0.05) is 12.1 Å². The van der Waals surface area contributed by atoms with Gasteiger partial charge in [-0.25, -0.2) is 0 Å². The molecule has 0 saturated carbocycles. The van der Waals surface area contributed by atoms with Crippen molar-refractivity contribution in [1.82, 2.24) is 0 Å². The number of nitro benzene ring substituents is 1. The minimum atomic E-state index is -0.421. The van der Waals surface area contributed by atoms with E-state index in [0.29, 0.717) is 11.5 Å². The second kappa shape index (κ2) is 6.06. The fourth-order valence-corrected chi connectivity index (χ4v) is 1.81. The average molecular weight is 273 g/mol. The molecule has 0 atom stereocenters. The van der Waals surface area contributed by atoms with Gasteiger partial charge in [0.1, 0.15) is 6.61 Å². The topological polar surface area (TPSA) is 61.6 Å². The summed E-state index contributed by atoms with van der Waals surface area (Å²) in [6, 6.07) is 12.0. The first-order valence-corrected chi connectivity index (χ1v) is 6.11. The van der Waals surface area contributed by atoms with Crippen LogP contribution in [0.1, 0.15) is 11.1 Å². The first-order valence-electron chi connectivity index (χ1n) is 6.11. The van der Waals surface area contributed by atoms with Gasteiger partial charge in [0.25, 0.3) is 5.69 Å². The fourth-order valence-electron chi connectivity index (χ4n) is 1.81. The van der Waals surface area contributed by atoms with Crippen LogP contribution < -0.4 is 9.47 Å². The molecule has 0 aliphatic rings. The highest BCUT2D eigenvalue weighted by Gasteiger charge is 2.08. The molecule has 0 unspecified atom stereocenters. The highest BCUT2D eigenvalue weighted by atomic mass is 16.6. The second-order valence-electron chi connectivity index (χ2n) is 4.37. The van der Waals surface area contributed by atoms with E-state index in [4.69, 9.17) is 9.47 Å². The highest BCUT2D eigenvalue weighted by Crippen LogP contribution is 2.28. The van der Waals surface area contributed by atoms with Crippen LogP contribution in [0.4, 0.5) is 5.69 Å². The number of nitro groups is 1. The molecule has 0 amide bonds. The van der Waals surface area contributed by atoms with Gasteiger partial charge in [-0.15, -0.1) is 0 Å². The van der Waals surface area contributed by atoms with Crippen LogP contribution in [0.3, 0.4) is 0 Å². The van der Waals surface area contributed by atoms with Gasteiger partial charge in [-0.2, -0.15) is 0 Å². The van der Waals surface area contributed by atoms with Crippen molar-refractivity contribution in [1.29, 1.82) is 0 Å². The molecular weight excluding hydrogens is 258 g/mol. The number of nitrogens with zero attached hydrogens (tertiary/aromatic N) is 1. The summed E-state index contributed by atoms with van der Waals surface area (Å²) in [4.78, 5) is 10.3. The normalized spacial score (nSPS) is 10.1. The van der Waals surface area contributed by atoms with Crippen LogP contribution in [0, 0.1) is 17.0 Å². The lowest BCUT2D eigenvalue weighted by atomic mass is 10.2. The van der Waals surface area contributed by atoms with Crippen LogP contribution >= 0.6 is 0 Å². The van der Waals surface area contributed by atoms with Crippen molar-refractivity contribution in [3.63, 3.8) is 0 Å². The zero-order valence-electron chi connectivity index (χ0n) is 11.3. The largest absolute Gasteiger partial charge is 0.493 e. The van der Waals surface area contributed by atoms with E-state index in [-0.39, 0.29) is 12.3 Å². The van der Waals surface area contributed by atoms with Gasteiger partial charge in [-0.1, -0.05) is 18.2 Å². The van der Waals surface area contributed by atoms with E-state index in [1.165, 1.54) is 12.1 Å². The van der Waals surface area contributed by atoms with E-state index in [1.54, 1.807) is 19.2 Å². The number of hydrogen-bond donors (Lipinski definition) is 0. The van der Waals surface area contributed by atoms with E-state index in [9.17, 15) is 10.1 Å². The first kappa shape index (κ1) is 13.9. The Hall–Kier alpha value is -2.56. The molecule has 0 aliphatic carbocycles. The molecule has 5 heteroatoms. The predicted octanol–water partition coefficient (Wildman–Crippen LogP) is 3.49. The van der Waals surface area contributed by atoms with Crippen molar-refractivity contribution < 1.29 is 14.4 Å². The molecule has 5 nitrogen and oxygen atoms in total. The highest BCUT2D eigenvalue weighted by molar-refractivity contribution is 5.43. The average Bonchev–Trinajstić information content (AvgIpc) is 2.46. The quantitative estimate of drug-likeness (QED) is 0.618. The van der Waals surface area contributed by atoms with E-state index < -0.39 is 4.92 Å². The maximum absolute atomic E-state index is 10.7. The van der Waals surface area contributed by atoms with Crippen LogP contribution in [0.5, 0.6) is 11.5 Å². The molecule has 2 aromatic rings. The smallest absolute Gasteiger partial charge is 0.269 e. The summed E-state index contributed by atoms with van der Waals surface area (Å²) in [7, 11) is 1.58. The van der Waals surface area contributed by atoms with Crippen molar-refractivity contribution in [3.05, 3.63) is 63.7 Å². The minimum absolute atomic E-state index is 0.0574. The summed E-state index contributed by atoms with van der Waals surface area (Å²) in [6.07, 6.45) is 0. The lowest BCUT2D eigenvalue weighted by Gasteiger charge is -2.11. The summed E-state index contributed by atoms with van der Waals surface area (Å²) < 4.78 is 10.9. The molecular formula is C15H15NO4. The van der Waals surface area contributed by atoms with Gasteiger partial charge in [0.15, 0.2) is 11.5 Å². The molecule has 0 saturated heterocycles. The standard InChI is InChI=1S/C15H15NO4/c1-11-6-7-14(15(8-11)19-2)20-10-12-4-3-5-13(9-12)16(17)18/h3-9H,10H2,1-2H3. The third-order valence-electron chi connectivity index (χ3n) is 2.83. The third-order valence-corrected chi connectivity index (χ3v) is 2.83.